The van der Waals surface area contributed by atoms with Crippen molar-refractivity contribution in [1.29, 1.82) is 0 Å². The van der Waals surface area contributed by atoms with Gasteiger partial charge in [-0.05, 0) is 29.5 Å². The lowest BCUT2D eigenvalue weighted by atomic mass is 10.0. The number of hydrogen-bond acceptors (Lipinski definition) is 1. The molecule has 94 valence electrons. The molecule has 0 aliphatic heterocycles. The first-order valence-corrected chi connectivity index (χ1v) is 6.73. The molecule has 2 aromatic rings. The van der Waals surface area contributed by atoms with Gasteiger partial charge in [-0.1, -0.05) is 62.4 Å². The summed E-state index contributed by atoms with van der Waals surface area (Å²) < 4.78 is 0. The summed E-state index contributed by atoms with van der Waals surface area (Å²) in [6.07, 6.45) is 2.15. The number of rotatable bonds is 5. The van der Waals surface area contributed by atoms with Crippen LogP contribution in [0.3, 0.4) is 0 Å². The summed E-state index contributed by atoms with van der Waals surface area (Å²) in [4.78, 5) is 0. The minimum absolute atomic E-state index is 0.894. The first-order chi connectivity index (χ1) is 8.85. The zero-order valence-corrected chi connectivity index (χ0v) is 11.2. The predicted octanol–water partition coefficient (Wildman–Crippen LogP) is 4.42. The maximum Gasteiger partial charge on any atom is 0.0407 e. The monoisotopic (exact) mass is 239 g/mol. The van der Waals surface area contributed by atoms with E-state index in [1.807, 2.05) is 0 Å². The molecule has 0 spiro atoms. The van der Waals surface area contributed by atoms with Crippen molar-refractivity contribution < 1.29 is 0 Å². The third kappa shape index (κ3) is 2.92. The molecule has 18 heavy (non-hydrogen) atoms. The molecule has 0 atom stereocenters. The fraction of sp³-hybridized carbons (Fsp3) is 0.294. The smallest absolute Gasteiger partial charge is 0.0407 e. The van der Waals surface area contributed by atoms with Gasteiger partial charge in [0, 0.05) is 12.2 Å². The summed E-state index contributed by atoms with van der Waals surface area (Å²) in [5.74, 6) is 0. The topological polar surface area (TPSA) is 12.0 Å². The van der Waals surface area contributed by atoms with Crippen molar-refractivity contribution >= 4 is 5.69 Å². The van der Waals surface area contributed by atoms with E-state index < -0.39 is 0 Å². The molecule has 0 aliphatic rings. The van der Waals surface area contributed by atoms with Crippen molar-refractivity contribution in [2.75, 3.05) is 5.32 Å². The zero-order chi connectivity index (χ0) is 12.8. The summed E-state index contributed by atoms with van der Waals surface area (Å²) in [7, 11) is 0. The Kier molecular flexibility index (Phi) is 4.40. The summed E-state index contributed by atoms with van der Waals surface area (Å²) in [5, 5.41) is 3.60. The van der Waals surface area contributed by atoms with Crippen LogP contribution in [-0.2, 0) is 19.4 Å². The van der Waals surface area contributed by atoms with Gasteiger partial charge in [-0.15, -0.1) is 0 Å². The highest BCUT2D eigenvalue weighted by molar-refractivity contribution is 5.58. The zero-order valence-electron chi connectivity index (χ0n) is 11.2. The van der Waals surface area contributed by atoms with Crippen LogP contribution in [0.5, 0.6) is 0 Å². The minimum Gasteiger partial charge on any atom is -0.381 e. The molecule has 1 nitrogen and oxygen atoms in total. The van der Waals surface area contributed by atoms with E-state index >= 15 is 0 Å². The third-order valence-electron chi connectivity index (χ3n) is 3.31. The summed E-state index contributed by atoms with van der Waals surface area (Å²) in [5.41, 5.74) is 5.47. The molecular weight excluding hydrogens is 218 g/mol. The summed E-state index contributed by atoms with van der Waals surface area (Å²) in [6, 6.07) is 17.1. The van der Waals surface area contributed by atoms with E-state index in [0.717, 1.165) is 19.4 Å². The average molecular weight is 239 g/mol. The van der Waals surface area contributed by atoms with Gasteiger partial charge in [-0.25, -0.2) is 0 Å². The van der Waals surface area contributed by atoms with Crippen molar-refractivity contribution in [2.45, 2.75) is 33.2 Å². The molecule has 0 heterocycles. The first kappa shape index (κ1) is 12.7. The molecule has 0 aliphatic carbocycles. The molecule has 0 amide bonds. The van der Waals surface area contributed by atoms with Gasteiger partial charge < -0.3 is 5.32 Å². The lowest BCUT2D eigenvalue weighted by molar-refractivity contribution is 1.05. The van der Waals surface area contributed by atoms with Crippen LogP contribution >= 0.6 is 0 Å². The van der Waals surface area contributed by atoms with Crippen LogP contribution < -0.4 is 5.32 Å². The average Bonchev–Trinajstić information content (AvgIpc) is 2.45. The largest absolute Gasteiger partial charge is 0.381 e. The molecule has 1 N–H and O–H groups in total. The molecule has 0 fully saturated rings. The standard InChI is InChI=1S/C17H21N/c1-3-15-11-8-12-16(4-2)17(15)18-13-14-9-6-5-7-10-14/h5-12,18H,3-4,13H2,1-2H3. The molecular formula is C17H21N. The molecule has 0 saturated carbocycles. The Morgan fingerprint density at radius 2 is 1.39 bits per heavy atom. The van der Waals surface area contributed by atoms with Crippen molar-refractivity contribution in [2.24, 2.45) is 0 Å². The van der Waals surface area contributed by atoms with E-state index in [0.29, 0.717) is 0 Å². The van der Waals surface area contributed by atoms with Gasteiger partial charge in [0.25, 0.3) is 0 Å². The Labute approximate surface area is 110 Å². The van der Waals surface area contributed by atoms with Gasteiger partial charge in [-0.2, -0.15) is 0 Å². The van der Waals surface area contributed by atoms with Gasteiger partial charge in [0.05, 0.1) is 0 Å². The Morgan fingerprint density at radius 3 is 1.94 bits per heavy atom. The number of anilines is 1. The molecule has 0 aromatic heterocycles. The second-order valence-corrected chi connectivity index (χ2v) is 4.50. The number of benzene rings is 2. The lowest BCUT2D eigenvalue weighted by Crippen LogP contribution is -2.05. The van der Waals surface area contributed by atoms with Crippen LogP contribution in [0.15, 0.2) is 48.5 Å². The lowest BCUT2D eigenvalue weighted by Gasteiger charge is -2.15. The van der Waals surface area contributed by atoms with Crippen LogP contribution in [-0.4, -0.2) is 0 Å². The van der Waals surface area contributed by atoms with E-state index in [2.05, 4.69) is 67.7 Å². The maximum atomic E-state index is 3.60. The van der Waals surface area contributed by atoms with E-state index in [1.165, 1.54) is 22.4 Å². The number of hydrogen-bond donors (Lipinski definition) is 1. The molecule has 0 bridgehead atoms. The van der Waals surface area contributed by atoms with E-state index in [-0.39, 0.29) is 0 Å². The summed E-state index contributed by atoms with van der Waals surface area (Å²) >= 11 is 0. The molecule has 1 heteroatoms. The van der Waals surface area contributed by atoms with E-state index in [1.54, 1.807) is 0 Å². The van der Waals surface area contributed by atoms with Crippen LogP contribution in [0, 0.1) is 0 Å². The van der Waals surface area contributed by atoms with E-state index in [4.69, 9.17) is 0 Å². The van der Waals surface area contributed by atoms with Gasteiger partial charge in [-0.3, -0.25) is 0 Å². The van der Waals surface area contributed by atoms with Crippen LogP contribution in [0.25, 0.3) is 0 Å². The highest BCUT2D eigenvalue weighted by Crippen LogP contribution is 2.23. The Balaban J connectivity index is 2.17. The van der Waals surface area contributed by atoms with Crippen molar-refractivity contribution in [3.63, 3.8) is 0 Å². The maximum absolute atomic E-state index is 3.60. The summed E-state index contributed by atoms with van der Waals surface area (Å²) in [6.45, 7) is 5.32. The number of aryl methyl sites for hydroxylation is 2. The van der Waals surface area contributed by atoms with E-state index in [9.17, 15) is 0 Å². The molecule has 0 saturated heterocycles. The normalized spacial score (nSPS) is 10.3. The molecule has 2 aromatic carbocycles. The predicted molar refractivity (Wildman–Crippen MR) is 79.0 cm³/mol. The fourth-order valence-electron chi connectivity index (χ4n) is 2.26. The van der Waals surface area contributed by atoms with Gasteiger partial charge in [0.1, 0.15) is 0 Å². The molecule has 0 unspecified atom stereocenters. The number of nitrogens with one attached hydrogen (secondary N) is 1. The second kappa shape index (κ2) is 6.25. The second-order valence-electron chi connectivity index (χ2n) is 4.50. The van der Waals surface area contributed by atoms with Crippen LogP contribution in [0.4, 0.5) is 5.69 Å². The van der Waals surface area contributed by atoms with Crippen LogP contribution in [0.1, 0.15) is 30.5 Å². The van der Waals surface area contributed by atoms with Crippen LogP contribution in [0.2, 0.25) is 0 Å². The Hall–Kier alpha value is -1.76. The number of para-hydroxylation sites is 1. The van der Waals surface area contributed by atoms with Crippen molar-refractivity contribution in [3.05, 3.63) is 65.2 Å². The minimum atomic E-state index is 0.894. The van der Waals surface area contributed by atoms with Gasteiger partial charge in [0.15, 0.2) is 0 Å². The Bertz CT molecular complexity index is 466. The SMILES string of the molecule is CCc1cccc(CC)c1NCc1ccccc1. The highest BCUT2D eigenvalue weighted by atomic mass is 14.9. The first-order valence-electron chi connectivity index (χ1n) is 6.73. The molecule has 2 rings (SSSR count). The van der Waals surface area contributed by atoms with Crippen molar-refractivity contribution in [3.8, 4) is 0 Å². The van der Waals surface area contributed by atoms with Gasteiger partial charge in [0.2, 0.25) is 0 Å². The highest BCUT2D eigenvalue weighted by Gasteiger charge is 2.05. The Morgan fingerprint density at radius 1 is 0.778 bits per heavy atom. The van der Waals surface area contributed by atoms with Crippen molar-refractivity contribution in [1.82, 2.24) is 0 Å². The molecule has 0 radical (unpaired) electrons. The quantitative estimate of drug-likeness (QED) is 0.814. The third-order valence-corrected chi connectivity index (χ3v) is 3.31. The van der Waals surface area contributed by atoms with Gasteiger partial charge >= 0.3 is 0 Å². The fourth-order valence-corrected chi connectivity index (χ4v) is 2.26.